The zero-order valence-electron chi connectivity index (χ0n) is 7.44. The summed E-state index contributed by atoms with van der Waals surface area (Å²) in [5, 5.41) is 0. The van der Waals surface area contributed by atoms with E-state index in [1.807, 2.05) is 0 Å². The normalized spacial score (nSPS) is 14.5. The van der Waals surface area contributed by atoms with Crippen molar-refractivity contribution in [1.82, 2.24) is 0 Å². The number of hydrogen-bond donors (Lipinski definition) is 1. The van der Waals surface area contributed by atoms with E-state index >= 15 is 0 Å². The van der Waals surface area contributed by atoms with Crippen molar-refractivity contribution in [1.29, 1.82) is 0 Å². The summed E-state index contributed by atoms with van der Waals surface area (Å²) in [6.45, 7) is 5.78. The van der Waals surface area contributed by atoms with Crippen LogP contribution < -0.4 is 5.73 Å². The first kappa shape index (κ1) is 11.7. The number of aliphatic imine (C=N–C) groups is 1. The van der Waals surface area contributed by atoms with Crippen molar-refractivity contribution in [2.45, 2.75) is 20.0 Å². The van der Waals surface area contributed by atoms with Gasteiger partial charge in [-0.05, 0) is 19.9 Å². The third-order valence-corrected chi connectivity index (χ3v) is 1.10. The van der Waals surface area contributed by atoms with Gasteiger partial charge >= 0.3 is 6.18 Å². The maximum Gasteiger partial charge on any atom is 0.415 e. The van der Waals surface area contributed by atoms with Crippen LogP contribution in [-0.4, -0.2) is 12.0 Å². The van der Waals surface area contributed by atoms with Gasteiger partial charge in [-0.25, -0.2) is 4.99 Å². The summed E-state index contributed by atoms with van der Waals surface area (Å²) in [5.74, 6) is 0.212. The Labute approximate surface area is 74.6 Å². The second-order valence-corrected chi connectivity index (χ2v) is 2.56. The Morgan fingerprint density at radius 3 is 2.15 bits per heavy atom. The van der Waals surface area contributed by atoms with Crippen molar-refractivity contribution < 1.29 is 13.2 Å². The van der Waals surface area contributed by atoms with Crippen LogP contribution >= 0.6 is 0 Å². The molecule has 0 saturated heterocycles. The molecule has 0 aliphatic heterocycles. The molecule has 0 spiro atoms. The molecule has 0 amide bonds. The summed E-state index contributed by atoms with van der Waals surface area (Å²) < 4.78 is 35.8. The fourth-order valence-electron chi connectivity index (χ4n) is 0.644. The maximum atomic E-state index is 11.9. The van der Waals surface area contributed by atoms with Gasteiger partial charge in [-0.1, -0.05) is 6.58 Å². The summed E-state index contributed by atoms with van der Waals surface area (Å²) in [7, 11) is 0. The Morgan fingerprint density at radius 2 is 1.85 bits per heavy atom. The van der Waals surface area contributed by atoms with E-state index in [0.29, 0.717) is 0 Å². The molecule has 0 atom stereocenters. The molecule has 0 bridgehead atoms. The number of allylic oxidation sites excluding steroid dienone is 3. The summed E-state index contributed by atoms with van der Waals surface area (Å²) in [4.78, 5) is 3.63. The standard InChI is InChI=1S/C8H11F3N2/c1-5(8(9,10)11)4-6(2)13-7(3)12/h4H,1H2,2-3H3,(H2,12,13)/b6-4+. The van der Waals surface area contributed by atoms with E-state index in [1.54, 1.807) is 0 Å². The molecule has 0 saturated carbocycles. The Bertz CT molecular complexity index is 257. The van der Waals surface area contributed by atoms with Crippen LogP contribution in [0.25, 0.3) is 0 Å². The molecule has 74 valence electrons. The number of nitrogens with two attached hydrogens (primary N) is 1. The predicted molar refractivity (Wildman–Crippen MR) is 46.2 cm³/mol. The first-order chi connectivity index (χ1) is 5.73. The SMILES string of the molecule is C=C(/C=C(\C)N=C(C)N)C(F)(F)F. The molecule has 0 aromatic carbocycles. The van der Waals surface area contributed by atoms with Crippen molar-refractivity contribution in [2.75, 3.05) is 0 Å². The second kappa shape index (κ2) is 4.11. The largest absolute Gasteiger partial charge is 0.415 e. The highest BCUT2D eigenvalue weighted by atomic mass is 19.4. The molecule has 2 N–H and O–H groups in total. The molecule has 5 heteroatoms. The van der Waals surface area contributed by atoms with Gasteiger partial charge < -0.3 is 5.73 Å². The molecular weight excluding hydrogens is 181 g/mol. The fraction of sp³-hybridized carbons (Fsp3) is 0.375. The minimum atomic E-state index is -4.40. The number of nitrogens with zero attached hydrogens (tertiary/aromatic N) is 1. The summed E-state index contributed by atoms with van der Waals surface area (Å²) in [6.07, 6.45) is -3.56. The smallest absolute Gasteiger partial charge is 0.387 e. The lowest BCUT2D eigenvalue weighted by molar-refractivity contribution is -0.0878. The number of hydrogen-bond acceptors (Lipinski definition) is 1. The van der Waals surface area contributed by atoms with Crippen LogP contribution in [0.15, 0.2) is 28.9 Å². The molecule has 0 aliphatic rings. The minimum absolute atomic E-state index is 0.183. The van der Waals surface area contributed by atoms with Crippen LogP contribution in [0.4, 0.5) is 13.2 Å². The zero-order chi connectivity index (χ0) is 10.6. The fourth-order valence-corrected chi connectivity index (χ4v) is 0.644. The van der Waals surface area contributed by atoms with Crippen molar-refractivity contribution >= 4 is 5.84 Å². The van der Waals surface area contributed by atoms with Crippen LogP contribution in [0.3, 0.4) is 0 Å². The lowest BCUT2D eigenvalue weighted by Gasteiger charge is -2.05. The topological polar surface area (TPSA) is 38.4 Å². The summed E-state index contributed by atoms with van der Waals surface area (Å²) in [5.41, 5.74) is 4.42. The Kier molecular flexibility index (Phi) is 3.71. The maximum absolute atomic E-state index is 11.9. The van der Waals surface area contributed by atoms with Crippen molar-refractivity contribution in [3.05, 3.63) is 23.9 Å². The monoisotopic (exact) mass is 192 g/mol. The molecule has 0 radical (unpaired) electrons. The average molecular weight is 192 g/mol. The van der Waals surface area contributed by atoms with E-state index in [-0.39, 0.29) is 11.5 Å². The quantitative estimate of drug-likeness (QED) is 0.407. The van der Waals surface area contributed by atoms with Crippen molar-refractivity contribution in [2.24, 2.45) is 10.7 Å². The molecule has 0 fully saturated rings. The van der Waals surface area contributed by atoms with Crippen LogP contribution in [0.1, 0.15) is 13.8 Å². The number of rotatable bonds is 2. The highest BCUT2D eigenvalue weighted by Crippen LogP contribution is 2.25. The van der Waals surface area contributed by atoms with Gasteiger partial charge in [-0.3, -0.25) is 0 Å². The van der Waals surface area contributed by atoms with Gasteiger partial charge in [-0.15, -0.1) is 0 Å². The van der Waals surface area contributed by atoms with E-state index < -0.39 is 11.7 Å². The van der Waals surface area contributed by atoms with Gasteiger partial charge in [0.1, 0.15) is 0 Å². The van der Waals surface area contributed by atoms with Crippen molar-refractivity contribution in [3.8, 4) is 0 Å². The molecule has 0 heterocycles. The highest BCUT2D eigenvalue weighted by Gasteiger charge is 2.30. The van der Waals surface area contributed by atoms with Gasteiger partial charge in [0.2, 0.25) is 0 Å². The third kappa shape index (κ3) is 5.05. The van der Waals surface area contributed by atoms with Crippen LogP contribution in [0, 0.1) is 0 Å². The highest BCUT2D eigenvalue weighted by molar-refractivity contribution is 5.78. The van der Waals surface area contributed by atoms with Gasteiger partial charge in [-0.2, -0.15) is 13.2 Å². The van der Waals surface area contributed by atoms with Crippen LogP contribution in [0.2, 0.25) is 0 Å². The van der Waals surface area contributed by atoms with E-state index in [4.69, 9.17) is 5.73 Å². The van der Waals surface area contributed by atoms with E-state index in [2.05, 4.69) is 11.6 Å². The summed E-state index contributed by atoms with van der Waals surface area (Å²) in [6, 6.07) is 0. The lowest BCUT2D eigenvalue weighted by atomic mass is 10.2. The van der Waals surface area contributed by atoms with Crippen molar-refractivity contribution in [3.63, 3.8) is 0 Å². The first-order valence-corrected chi connectivity index (χ1v) is 3.48. The molecule has 0 aliphatic carbocycles. The number of alkyl halides is 3. The zero-order valence-corrected chi connectivity index (χ0v) is 7.44. The molecule has 0 rings (SSSR count). The second-order valence-electron chi connectivity index (χ2n) is 2.56. The molecule has 2 nitrogen and oxygen atoms in total. The number of amidine groups is 1. The van der Waals surface area contributed by atoms with Gasteiger partial charge in [0.15, 0.2) is 0 Å². The molecule has 13 heavy (non-hydrogen) atoms. The molecule has 0 aromatic heterocycles. The molecule has 0 aromatic rings. The average Bonchev–Trinajstić information content (AvgIpc) is 1.82. The Hall–Kier alpha value is -1.26. The van der Waals surface area contributed by atoms with Gasteiger partial charge in [0.05, 0.1) is 11.4 Å². The molecule has 0 unspecified atom stereocenters. The van der Waals surface area contributed by atoms with Gasteiger partial charge in [0, 0.05) is 5.70 Å². The van der Waals surface area contributed by atoms with Gasteiger partial charge in [0.25, 0.3) is 0 Å². The first-order valence-electron chi connectivity index (χ1n) is 3.48. The predicted octanol–water partition coefficient (Wildman–Crippen LogP) is 2.39. The van der Waals surface area contributed by atoms with E-state index in [1.165, 1.54) is 13.8 Å². The van der Waals surface area contributed by atoms with E-state index in [0.717, 1.165) is 6.08 Å². The Morgan fingerprint density at radius 1 is 1.38 bits per heavy atom. The van der Waals surface area contributed by atoms with Crippen LogP contribution in [0.5, 0.6) is 0 Å². The summed E-state index contributed by atoms with van der Waals surface area (Å²) >= 11 is 0. The van der Waals surface area contributed by atoms with E-state index in [9.17, 15) is 13.2 Å². The Balaban J connectivity index is 4.60. The lowest BCUT2D eigenvalue weighted by Crippen LogP contribution is -2.09. The van der Waals surface area contributed by atoms with Crippen LogP contribution in [-0.2, 0) is 0 Å². The third-order valence-electron chi connectivity index (χ3n) is 1.10. The minimum Gasteiger partial charge on any atom is -0.387 e. The number of halogens is 3. The molecular formula is C8H11F3N2.